The SMILES string of the molecule is Cc1ccc(-c2ccc3c(c2)c2ccccc2c2nnc(-c4ccc(-n5c6ccccc6c6ccccc65)cc4)n32)cc1. The Morgan fingerprint density at radius 3 is 1.72 bits per heavy atom. The van der Waals surface area contributed by atoms with Gasteiger partial charge >= 0.3 is 0 Å². The summed E-state index contributed by atoms with van der Waals surface area (Å²) < 4.78 is 4.55. The maximum absolute atomic E-state index is 4.75. The first-order valence-electron chi connectivity index (χ1n) is 14.6. The van der Waals surface area contributed by atoms with Crippen molar-refractivity contribution in [2.45, 2.75) is 6.92 Å². The molecule has 0 aliphatic rings. The van der Waals surface area contributed by atoms with Crippen LogP contribution in [0.25, 0.3) is 77.3 Å². The molecule has 4 nitrogen and oxygen atoms in total. The molecule has 0 saturated heterocycles. The van der Waals surface area contributed by atoms with Crippen molar-refractivity contribution in [3.8, 4) is 28.2 Å². The Morgan fingerprint density at radius 2 is 1.02 bits per heavy atom. The standard InChI is InChI=1S/C39H26N4/c1-25-14-16-26(17-15-25)28-20-23-37-34(24-28)30-8-2-3-11-33(30)39-41-40-38(43(37)39)27-18-21-29(22-19-27)42-35-12-6-4-9-31(35)32-10-5-7-13-36(32)42/h2-24H,1H3. The van der Waals surface area contributed by atoms with Gasteiger partial charge in [0.1, 0.15) is 0 Å². The van der Waals surface area contributed by atoms with Gasteiger partial charge in [-0.1, -0.05) is 96.6 Å². The van der Waals surface area contributed by atoms with Crippen LogP contribution in [0, 0.1) is 6.92 Å². The highest BCUT2D eigenvalue weighted by Gasteiger charge is 2.17. The largest absolute Gasteiger partial charge is 0.309 e. The first-order valence-corrected chi connectivity index (χ1v) is 14.6. The molecule has 0 N–H and O–H groups in total. The zero-order chi connectivity index (χ0) is 28.5. The van der Waals surface area contributed by atoms with Crippen molar-refractivity contribution in [2.75, 3.05) is 0 Å². The van der Waals surface area contributed by atoms with Gasteiger partial charge in [-0.25, -0.2) is 0 Å². The van der Waals surface area contributed by atoms with Crippen molar-refractivity contribution in [2.24, 2.45) is 0 Å². The molecule has 3 heterocycles. The van der Waals surface area contributed by atoms with E-state index in [1.54, 1.807) is 0 Å². The molecule has 0 aliphatic carbocycles. The molecule has 0 unspecified atom stereocenters. The summed E-state index contributed by atoms with van der Waals surface area (Å²) in [7, 11) is 0. The molecule has 0 aliphatic heterocycles. The van der Waals surface area contributed by atoms with E-state index in [4.69, 9.17) is 10.2 Å². The Kier molecular flexibility index (Phi) is 5.08. The molecule has 4 heteroatoms. The van der Waals surface area contributed by atoms with Crippen LogP contribution in [0.4, 0.5) is 0 Å². The smallest absolute Gasteiger partial charge is 0.169 e. The maximum atomic E-state index is 4.75. The molecule has 0 fully saturated rings. The highest BCUT2D eigenvalue weighted by atomic mass is 15.2. The monoisotopic (exact) mass is 550 g/mol. The summed E-state index contributed by atoms with van der Waals surface area (Å²) in [6, 6.07) is 49.9. The van der Waals surface area contributed by atoms with Crippen molar-refractivity contribution >= 4 is 49.1 Å². The summed E-state index contributed by atoms with van der Waals surface area (Å²) in [5, 5.41) is 15.5. The zero-order valence-corrected chi connectivity index (χ0v) is 23.6. The lowest BCUT2D eigenvalue weighted by atomic mass is 9.99. The van der Waals surface area contributed by atoms with E-state index in [0.29, 0.717) is 0 Å². The molecule has 3 aromatic heterocycles. The minimum absolute atomic E-state index is 0.836. The Hall–Kier alpha value is -5.74. The van der Waals surface area contributed by atoms with Gasteiger partial charge in [0, 0.05) is 32.8 Å². The number of aryl methyl sites for hydroxylation is 1. The number of aromatic nitrogens is 4. The second-order valence-corrected chi connectivity index (χ2v) is 11.2. The van der Waals surface area contributed by atoms with Crippen molar-refractivity contribution in [3.63, 3.8) is 0 Å². The summed E-state index contributed by atoms with van der Waals surface area (Å²) in [5.41, 5.74) is 10.2. The number of benzene rings is 6. The third-order valence-corrected chi connectivity index (χ3v) is 8.71. The number of pyridine rings is 1. The molecule has 0 radical (unpaired) electrons. The second-order valence-electron chi connectivity index (χ2n) is 11.2. The van der Waals surface area contributed by atoms with Crippen LogP contribution in [-0.2, 0) is 0 Å². The van der Waals surface area contributed by atoms with Crippen LogP contribution in [0.2, 0.25) is 0 Å². The molecule has 9 aromatic rings. The normalized spacial score (nSPS) is 11.8. The Balaban J connectivity index is 1.24. The van der Waals surface area contributed by atoms with E-state index < -0.39 is 0 Å². The highest BCUT2D eigenvalue weighted by molar-refractivity contribution is 6.13. The predicted octanol–water partition coefficient (Wildman–Crippen LogP) is 9.78. The summed E-state index contributed by atoms with van der Waals surface area (Å²) in [4.78, 5) is 0. The van der Waals surface area contributed by atoms with E-state index in [1.165, 1.54) is 49.3 Å². The summed E-state index contributed by atoms with van der Waals surface area (Å²) >= 11 is 0. The molecule has 0 amide bonds. The molecular weight excluding hydrogens is 524 g/mol. The maximum Gasteiger partial charge on any atom is 0.169 e. The van der Waals surface area contributed by atoms with Gasteiger partial charge in [0.2, 0.25) is 0 Å². The van der Waals surface area contributed by atoms with E-state index in [2.05, 4.69) is 155 Å². The van der Waals surface area contributed by atoms with Gasteiger partial charge in [-0.2, -0.15) is 0 Å². The van der Waals surface area contributed by atoms with Gasteiger partial charge in [0.25, 0.3) is 0 Å². The third kappa shape index (κ3) is 3.57. The molecule has 0 bridgehead atoms. The lowest BCUT2D eigenvalue weighted by molar-refractivity contribution is 1.11. The quantitative estimate of drug-likeness (QED) is 0.205. The van der Waals surface area contributed by atoms with E-state index in [0.717, 1.165) is 33.6 Å². The van der Waals surface area contributed by atoms with Crippen molar-refractivity contribution in [1.29, 1.82) is 0 Å². The summed E-state index contributed by atoms with van der Waals surface area (Å²) in [6.45, 7) is 2.12. The molecule has 0 atom stereocenters. The average Bonchev–Trinajstić information content (AvgIpc) is 3.66. The average molecular weight is 551 g/mol. The Labute approximate surface area is 248 Å². The van der Waals surface area contributed by atoms with Gasteiger partial charge in [0.15, 0.2) is 11.5 Å². The first-order chi connectivity index (χ1) is 21.2. The van der Waals surface area contributed by atoms with Gasteiger partial charge in [-0.15, -0.1) is 10.2 Å². The molecule has 43 heavy (non-hydrogen) atoms. The Morgan fingerprint density at radius 1 is 0.442 bits per heavy atom. The van der Waals surface area contributed by atoms with Gasteiger partial charge in [-0.3, -0.25) is 4.40 Å². The second kappa shape index (κ2) is 9.13. The first kappa shape index (κ1) is 23.9. The minimum atomic E-state index is 0.836. The molecule has 202 valence electrons. The lowest BCUT2D eigenvalue weighted by Crippen LogP contribution is -1.96. The molecule has 9 rings (SSSR count). The zero-order valence-electron chi connectivity index (χ0n) is 23.6. The number of rotatable bonds is 3. The fourth-order valence-corrected chi connectivity index (χ4v) is 6.62. The summed E-state index contributed by atoms with van der Waals surface area (Å²) in [5.74, 6) is 0.836. The van der Waals surface area contributed by atoms with E-state index in [1.807, 2.05) is 0 Å². The van der Waals surface area contributed by atoms with Crippen LogP contribution in [0.15, 0.2) is 140 Å². The molecule has 0 spiro atoms. The predicted molar refractivity (Wildman–Crippen MR) is 178 cm³/mol. The molecular formula is C39H26N4. The lowest BCUT2D eigenvalue weighted by Gasteiger charge is -2.12. The Bertz CT molecular complexity index is 2440. The van der Waals surface area contributed by atoms with Crippen LogP contribution in [-0.4, -0.2) is 19.2 Å². The van der Waals surface area contributed by atoms with E-state index >= 15 is 0 Å². The van der Waals surface area contributed by atoms with Gasteiger partial charge in [-0.05, 0) is 72.0 Å². The number of para-hydroxylation sites is 2. The number of hydrogen-bond donors (Lipinski definition) is 0. The van der Waals surface area contributed by atoms with Crippen molar-refractivity contribution in [3.05, 3.63) is 145 Å². The number of hydrogen-bond acceptors (Lipinski definition) is 2. The molecule has 0 saturated carbocycles. The fraction of sp³-hybridized carbons (Fsp3) is 0.0256. The molecule has 6 aromatic carbocycles. The van der Waals surface area contributed by atoms with Crippen LogP contribution in [0.5, 0.6) is 0 Å². The number of nitrogens with zero attached hydrogens (tertiary/aromatic N) is 4. The summed E-state index contributed by atoms with van der Waals surface area (Å²) in [6.07, 6.45) is 0. The van der Waals surface area contributed by atoms with E-state index in [-0.39, 0.29) is 0 Å². The van der Waals surface area contributed by atoms with Crippen LogP contribution in [0.1, 0.15) is 5.56 Å². The van der Waals surface area contributed by atoms with E-state index in [9.17, 15) is 0 Å². The minimum Gasteiger partial charge on any atom is -0.309 e. The third-order valence-electron chi connectivity index (χ3n) is 8.71. The van der Waals surface area contributed by atoms with Crippen molar-refractivity contribution < 1.29 is 0 Å². The van der Waals surface area contributed by atoms with Gasteiger partial charge < -0.3 is 4.57 Å². The highest BCUT2D eigenvalue weighted by Crippen LogP contribution is 2.36. The number of fused-ring (bicyclic) bond motifs is 9. The van der Waals surface area contributed by atoms with Crippen molar-refractivity contribution in [1.82, 2.24) is 19.2 Å². The fourth-order valence-electron chi connectivity index (χ4n) is 6.62. The topological polar surface area (TPSA) is 35.1 Å². The van der Waals surface area contributed by atoms with Crippen LogP contribution >= 0.6 is 0 Å². The van der Waals surface area contributed by atoms with Crippen LogP contribution in [0.3, 0.4) is 0 Å². The van der Waals surface area contributed by atoms with Gasteiger partial charge in [0.05, 0.1) is 16.6 Å². The van der Waals surface area contributed by atoms with Crippen LogP contribution < -0.4 is 0 Å².